The summed E-state index contributed by atoms with van der Waals surface area (Å²) >= 11 is 0. The highest BCUT2D eigenvalue weighted by molar-refractivity contribution is 5.85. The molecule has 0 fully saturated rings. The van der Waals surface area contributed by atoms with E-state index in [0.717, 1.165) is 12.8 Å². The minimum Gasteiger partial charge on any atom is -0.502 e. The molecule has 1 unspecified atom stereocenters. The number of aliphatic hydroxyl groups excluding tert-OH is 1. The predicted octanol–water partition coefficient (Wildman–Crippen LogP) is 2.65. The van der Waals surface area contributed by atoms with Gasteiger partial charge in [0.05, 0.1) is 12.7 Å². The van der Waals surface area contributed by atoms with Crippen molar-refractivity contribution in [3.8, 4) is 0 Å². The van der Waals surface area contributed by atoms with E-state index in [2.05, 4.69) is 16.4 Å². The van der Waals surface area contributed by atoms with Gasteiger partial charge in [-0.1, -0.05) is 13.3 Å². The number of esters is 1. The van der Waals surface area contributed by atoms with Gasteiger partial charge in [0, 0.05) is 7.11 Å². The second kappa shape index (κ2) is 12.0. The molecule has 0 aromatic heterocycles. The van der Waals surface area contributed by atoms with Gasteiger partial charge in [-0.25, -0.2) is 4.79 Å². The summed E-state index contributed by atoms with van der Waals surface area (Å²) in [6, 6.07) is 0. The minimum atomic E-state index is -0.638. The first-order chi connectivity index (χ1) is 7.49. The van der Waals surface area contributed by atoms with Crippen LogP contribution >= 0.6 is 0 Å². The molecule has 1 radical (unpaired) electrons. The van der Waals surface area contributed by atoms with E-state index in [0.29, 0.717) is 6.61 Å². The lowest BCUT2D eigenvalue weighted by Gasteiger charge is -2.01. The molecule has 0 aromatic rings. The van der Waals surface area contributed by atoms with Crippen LogP contribution in [0.25, 0.3) is 0 Å². The average molecular weight is 231 g/mol. The van der Waals surface area contributed by atoms with Crippen molar-refractivity contribution in [3.63, 3.8) is 0 Å². The molecule has 0 aliphatic heterocycles. The van der Waals surface area contributed by atoms with Crippen LogP contribution in [0.1, 0.15) is 33.6 Å². The Hall–Kier alpha value is -1.03. The summed E-state index contributed by atoms with van der Waals surface area (Å²) < 4.78 is 9.32. The van der Waals surface area contributed by atoms with Crippen LogP contribution in [-0.2, 0) is 14.3 Å². The maximum Gasteiger partial charge on any atom is 0.373 e. The smallest absolute Gasteiger partial charge is 0.373 e. The fraction of sp³-hybridized carbons (Fsp3) is 0.667. The van der Waals surface area contributed by atoms with Crippen molar-refractivity contribution >= 4 is 5.97 Å². The molecule has 1 atom stereocenters. The number of allylic oxidation sites excluding steroid dienone is 1. The Kier molecular flexibility index (Phi) is 13.1. The maximum atomic E-state index is 10.7. The van der Waals surface area contributed by atoms with Crippen molar-refractivity contribution in [2.24, 2.45) is 0 Å². The first-order valence-corrected chi connectivity index (χ1v) is 5.37. The fourth-order valence-electron chi connectivity index (χ4n) is 0.501. The monoisotopic (exact) mass is 231 g/mol. The lowest BCUT2D eigenvalue weighted by atomic mass is 10.4. The molecular formula is C12H23O4. The van der Waals surface area contributed by atoms with Gasteiger partial charge in [-0.2, -0.15) is 0 Å². The highest BCUT2D eigenvalue weighted by Crippen LogP contribution is 1.94. The van der Waals surface area contributed by atoms with Gasteiger partial charge in [0.15, 0.2) is 5.76 Å². The fourth-order valence-corrected chi connectivity index (χ4v) is 0.501. The summed E-state index contributed by atoms with van der Waals surface area (Å²) in [6.45, 7) is 9.39. The number of carbonyl (C=O) groups excluding carboxylic acids is 1. The van der Waals surface area contributed by atoms with Crippen molar-refractivity contribution < 1.29 is 19.4 Å². The number of rotatable bonds is 5. The third-order valence-corrected chi connectivity index (χ3v) is 1.62. The lowest BCUT2D eigenvalue weighted by Crippen LogP contribution is -2.08. The quantitative estimate of drug-likeness (QED) is 0.342. The van der Waals surface area contributed by atoms with E-state index in [-0.39, 0.29) is 11.9 Å². The Bertz CT molecular complexity index is 197. The van der Waals surface area contributed by atoms with E-state index in [9.17, 15) is 4.79 Å². The first kappa shape index (κ1) is 17.4. The van der Waals surface area contributed by atoms with Gasteiger partial charge in [0.25, 0.3) is 0 Å². The summed E-state index contributed by atoms with van der Waals surface area (Å²) in [4.78, 5) is 10.7. The van der Waals surface area contributed by atoms with Crippen molar-refractivity contribution in [2.45, 2.75) is 39.7 Å². The molecule has 0 aliphatic carbocycles. The number of unbranched alkanes of at least 4 members (excludes halogenated alkanes) is 1. The molecular weight excluding hydrogens is 208 g/mol. The Morgan fingerprint density at radius 1 is 1.56 bits per heavy atom. The van der Waals surface area contributed by atoms with E-state index in [1.54, 1.807) is 14.0 Å². The number of aliphatic hydroxyl groups is 1. The lowest BCUT2D eigenvalue weighted by molar-refractivity contribution is -0.142. The van der Waals surface area contributed by atoms with E-state index in [1.165, 1.54) is 6.08 Å². The summed E-state index contributed by atoms with van der Waals surface area (Å²) in [5.74, 6) is -0.956. The molecule has 95 valence electrons. The van der Waals surface area contributed by atoms with Crippen LogP contribution in [0.5, 0.6) is 0 Å². The van der Waals surface area contributed by atoms with E-state index in [1.807, 2.05) is 13.8 Å². The largest absolute Gasteiger partial charge is 0.502 e. The second-order valence-corrected chi connectivity index (χ2v) is 3.21. The highest BCUT2D eigenvalue weighted by atomic mass is 16.5. The number of carbonyl (C=O) groups is 1. The molecule has 0 bridgehead atoms. The summed E-state index contributed by atoms with van der Waals surface area (Å²) in [6.07, 6.45) is 3.26. The minimum absolute atomic E-state index is 0.134. The van der Waals surface area contributed by atoms with Crippen molar-refractivity contribution in [1.29, 1.82) is 0 Å². The van der Waals surface area contributed by atoms with Crippen molar-refractivity contribution in [2.75, 3.05) is 13.7 Å². The molecule has 0 amide bonds. The molecule has 16 heavy (non-hydrogen) atoms. The Morgan fingerprint density at radius 3 is 2.38 bits per heavy atom. The van der Waals surface area contributed by atoms with Gasteiger partial charge in [-0.15, -0.1) is 0 Å². The molecule has 0 heterocycles. The predicted molar refractivity (Wildman–Crippen MR) is 64.1 cm³/mol. The van der Waals surface area contributed by atoms with Crippen LogP contribution in [-0.4, -0.2) is 30.9 Å². The molecule has 4 heteroatoms. The van der Waals surface area contributed by atoms with Gasteiger partial charge >= 0.3 is 5.97 Å². The molecule has 0 saturated heterocycles. The zero-order valence-electron chi connectivity index (χ0n) is 10.7. The van der Waals surface area contributed by atoms with Gasteiger partial charge in [-0.3, -0.25) is 0 Å². The van der Waals surface area contributed by atoms with Gasteiger partial charge in [0.1, 0.15) is 0 Å². The Balaban J connectivity index is 0. The zero-order chi connectivity index (χ0) is 13.0. The van der Waals surface area contributed by atoms with Gasteiger partial charge in [-0.05, 0) is 33.3 Å². The standard InChI is InChI=1S/C8H14O3.C4H9O/c1-3-5-6-11-8(10)7(9)4-2;1-4(2)5-3/h4,9H,3,5-6H2,1-2H3;4H,1H2,2-3H3. The van der Waals surface area contributed by atoms with Crippen LogP contribution < -0.4 is 0 Å². The molecule has 1 N–H and O–H groups in total. The molecule has 0 aromatic carbocycles. The molecule has 0 aliphatic rings. The van der Waals surface area contributed by atoms with Gasteiger partial charge in [0.2, 0.25) is 0 Å². The normalized spacial score (nSPS) is 10.8. The second-order valence-electron chi connectivity index (χ2n) is 3.21. The van der Waals surface area contributed by atoms with Crippen molar-refractivity contribution in [1.82, 2.24) is 0 Å². The van der Waals surface area contributed by atoms with E-state index < -0.39 is 5.97 Å². The molecule has 0 saturated carbocycles. The summed E-state index contributed by atoms with van der Waals surface area (Å²) in [7, 11) is 1.64. The number of ether oxygens (including phenoxy) is 2. The number of methoxy groups -OCH3 is 1. The van der Waals surface area contributed by atoms with Crippen LogP contribution in [0, 0.1) is 6.92 Å². The van der Waals surface area contributed by atoms with Gasteiger partial charge < -0.3 is 14.6 Å². The van der Waals surface area contributed by atoms with Crippen molar-refractivity contribution in [3.05, 3.63) is 18.8 Å². The summed E-state index contributed by atoms with van der Waals surface area (Å²) in [5, 5.41) is 8.81. The Labute approximate surface area is 98.3 Å². The first-order valence-electron chi connectivity index (χ1n) is 5.37. The number of hydrogen-bond donors (Lipinski definition) is 1. The van der Waals surface area contributed by atoms with Crippen LogP contribution in [0.4, 0.5) is 0 Å². The van der Waals surface area contributed by atoms with Crippen LogP contribution in [0.3, 0.4) is 0 Å². The van der Waals surface area contributed by atoms with Crippen LogP contribution in [0.2, 0.25) is 0 Å². The maximum absolute atomic E-state index is 10.7. The van der Waals surface area contributed by atoms with Crippen LogP contribution in [0.15, 0.2) is 11.8 Å². The molecule has 4 nitrogen and oxygen atoms in total. The summed E-state index contributed by atoms with van der Waals surface area (Å²) in [5.41, 5.74) is 0. The zero-order valence-corrected chi connectivity index (χ0v) is 10.7. The molecule has 0 rings (SSSR count). The third kappa shape index (κ3) is 13.0. The topological polar surface area (TPSA) is 55.8 Å². The van der Waals surface area contributed by atoms with E-state index >= 15 is 0 Å². The average Bonchev–Trinajstić information content (AvgIpc) is 2.28. The third-order valence-electron chi connectivity index (χ3n) is 1.62. The molecule has 0 spiro atoms. The SMILES string of the molecule is CC=C(O)C(=O)OCCCC.[CH2]C(C)OC. The number of hydrogen-bond acceptors (Lipinski definition) is 4. The van der Waals surface area contributed by atoms with E-state index in [4.69, 9.17) is 5.11 Å². The highest BCUT2D eigenvalue weighted by Gasteiger charge is 2.05. The Morgan fingerprint density at radius 2 is 2.06 bits per heavy atom.